The van der Waals surface area contributed by atoms with E-state index in [0.29, 0.717) is 21.8 Å². The minimum atomic E-state index is -1.59. The average molecular weight is 456 g/mol. The molecule has 2 aromatic carbocycles. The Morgan fingerprint density at radius 3 is 1.73 bits per heavy atom. The van der Waals surface area contributed by atoms with Crippen LogP contribution in [0.2, 0.25) is 0 Å². The zero-order valence-corrected chi connectivity index (χ0v) is 19.3. The lowest BCUT2D eigenvalue weighted by atomic mass is 10.0. The van der Waals surface area contributed by atoms with Crippen molar-refractivity contribution in [3.8, 4) is 0 Å². The highest BCUT2D eigenvalue weighted by Gasteiger charge is 2.35. The first-order valence-corrected chi connectivity index (χ1v) is 10.5. The van der Waals surface area contributed by atoms with Gasteiger partial charge < -0.3 is 14.2 Å². The van der Waals surface area contributed by atoms with Crippen molar-refractivity contribution in [3.63, 3.8) is 0 Å². The van der Waals surface area contributed by atoms with E-state index in [-0.39, 0.29) is 0 Å². The van der Waals surface area contributed by atoms with E-state index in [9.17, 15) is 14.4 Å². The molecule has 33 heavy (non-hydrogen) atoms. The molecule has 0 heterocycles. The van der Waals surface area contributed by atoms with Gasteiger partial charge in [-0.15, -0.1) is 0 Å². The largest absolute Gasteiger partial charge is 0.466 e. The lowest BCUT2D eigenvalue weighted by Gasteiger charge is -2.28. The molecule has 0 aromatic heterocycles. The Morgan fingerprint density at radius 1 is 0.818 bits per heavy atom. The minimum absolute atomic E-state index is 0.410. The van der Waals surface area contributed by atoms with Crippen LogP contribution in [0.4, 0.5) is 9.59 Å². The molecule has 0 fully saturated rings. The van der Waals surface area contributed by atoms with Crippen molar-refractivity contribution >= 4 is 23.9 Å². The summed E-state index contributed by atoms with van der Waals surface area (Å²) in [6.45, 7) is 6.57. The van der Waals surface area contributed by atoms with Crippen LogP contribution in [-0.4, -0.2) is 54.4 Å². The van der Waals surface area contributed by atoms with E-state index in [1.807, 2.05) is 60.7 Å². The van der Waals surface area contributed by atoms with E-state index >= 15 is 0 Å². The number of hydrazine groups is 1. The van der Waals surface area contributed by atoms with Crippen LogP contribution in [0.5, 0.6) is 0 Å². The van der Waals surface area contributed by atoms with Crippen LogP contribution >= 0.6 is 0 Å². The van der Waals surface area contributed by atoms with Crippen molar-refractivity contribution in [3.05, 3.63) is 71.8 Å². The van der Waals surface area contributed by atoms with Crippen LogP contribution in [0, 0.1) is 0 Å². The summed E-state index contributed by atoms with van der Waals surface area (Å²) in [5.41, 5.74) is 4.07. The van der Waals surface area contributed by atoms with Gasteiger partial charge in [-0.25, -0.2) is 24.8 Å². The fraction of sp³-hybridized carbons (Fsp3) is 0.333. The van der Waals surface area contributed by atoms with Gasteiger partial charge in [-0.3, -0.25) is 0 Å². The predicted octanol–water partition coefficient (Wildman–Crippen LogP) is 3.92. The maximum atomic E-state index is 12.8. The van der Waals surface area contributed by atoms with Crippen molar-refractivity contribution in [1.29, 1.82) is 0 Å². The van der Waals surface area contributed by atoms with Gasteiger partial charge >= 0.3 is 18.2 Å². The summed E-state index contributed by atoms with van der Waals surface area (Å²) < 4.78 is 15.2. The van der Waals surface area contributed by atoms with Crippen LogP contribution in [0.15, 0.2) is 65.7 Å². The van der Waals surface area contributed by atoms with Crippen LogP contribution in [-0.2, 0) is 19.0 Å². The molecule has 0 spiro atoms. The number of carbonyl (C=O) groups excluding carboxylic acids is 3. The molecular formula is C24H29N3O6. The van der Waals surface area contributed by atoms with Gasteiger partial charge in [0, 0.05) is 11.1 Å². The van der Waals surface area contributed by atoms with Crippen molar-refractivity contribution in [2.24, 2.45) is 4.99 Å². The molecule has 0 saturated heterocycles. The number of esters is 1. The number of nitrogens with zero attached hydrogens (tertiary/aromatic N) is 2. The summed E-state index contributed by atoms with van der Waals surface area (Å²) in [4.78, 5) is 42.5. The molecule has 0 aliphatic rings. The number of rotatable bonds is 7. The van der Waals surface area contributed by atoms with Gasteiger partial charge in [0.2, 0.25) is 6.17 Å². The number of benzene rings is 2. The quantitative estimate of drug-likeness (QED) is 0.294. The average Bonchev–Trinajstić information content (AvgIpc) is 2.78. The fourth-order valence-corrected chi connectivity index (χ4v) is 2.76. The summed E-state index contributed by atoms with van der Waals surface area (Å²) in [6, 6.07) is 18.3. The Morgan fingerprint density at radius 2 is 1.30 bits per heavy atom. The normalized spacial score (nSPS) is 11.4. The van der Waals surface area contributed by atoms with Crippen LogP contribution in [0.1, 0.15) is 38.8 Å². The minimum Gasteiger partial charge on any atom is -0.466 e. The van der Waals surface area contributed by atoms with E-state index < -0.39 is 36.5 Å². The Bertz CT molecular complexity index is 919. The molecular weight excluding hydrogens is 426 g/mol. The van der Waals surface area contributed by atoms with E-state index in [1.54, 1.807) is 27.7 Å². The molecule has 1 atom stereocenters. The van der Waals surface area contributed by atoms with Crippen LogP contribution in [0.25, 0.3) is 0 Å². The molecule has 0 radical (unpaired) electrons. The number of hydrogen-bond donors (Lipinski definition) is 1. The van der Waals surface area contributed by atoms with E-state index in [0.717, 1.165) is 7.11 Å². The number of aliphatic imine (C=N–C) groups is 1. The van der Waals surface area contributed by atoms with Gasteiger partial charge in [0.25, 0.3) is 0 Å². The summed E-state index contributed by atoms with van der Waals surface area (Å²) in [5.74, 6) is -0.884. The van der Waals surface area contributed by atoms with E-state index in [1.165, 1.54) is 0 Å². The molecule has 0 saturated carbocycles. The van der Waals surface area contributed by atoms with Crippen LogP contribution < -0.4 is 5.43 Å². The zero-order chi connectivity index (χ0) is 24.4. The summed E-state index contributed by atoms with van der Waals surface area (Å²) >= 11 is 0. The topological polar surface area (TPSA) is 107 Å². The Kier molecular flexibility index (Phi) is 9.41. The van der Waals surface area contributed by atoms with Gasteiger partial charge in [0.15, 0.2) is 0 Å². The van der Waals surface area contributed by atoms with Crippen molar-refractivity contribution in [1.82, 2.24) is 10.4 Å². The first-order valence-electron chi connectivity index (χ1n) is 10.5. The Balaban J connectivity index is 2.61. The monoisotopic (exact) mass is 455 g/mol. The summed E-state index contributed by atoms with van der Waals surface area (Å²) in [6.07, 6.45) is -4.51. The van der Waals surface area contributed by atoms with Gasteiger partial charge in [-0.2, -0.15) is 5.01 Å². The van der Waals surface area contributed by atoms with E-state index in [2.05, 4.69) is 10.4 Å². The number of nitrogens with one attached hydrogen (secondary N) is 1. The molecule has 0 bridgehead atoms. The first kappa shape index (κ1) is 25.4. The molecule has 2 rings (SSSR count). The third kappa shape index (κ3) is 7.64. The highest BCUT2D eigenvalue weighted by molar-refractivity contribution is 6.13. The molecule has 0 aliphatic carbocycles. The Hall–Kier alpha value is -3.88. The maximum Gasteiger partial charge on any atom is 0.431 e. The highest BCUT2D eigenvalue weighted by Crippen LogP contribution is 2.15. The van der Waals surface area contributed by atoms with Gasteiger partial charge in [-0.05, 0) is 27.7 Å². The Labute approximate surface area is 193 Å². The standard InChI is InChI=1S/C24H29N3O6/c1-16(2)32-23(29)26-27(24(30)33-17(3)4)21(22(28)31-5)25-20(18-12-8-6-9-13-18)19-14-10-7-11-15-19/h6-17,21H,1-5H3,(H,26,29). The molecule has 2 amide bonds. The number of amides is 2. The van der Waals surface area contributed by atoms with Crippen molar-refractivity contribution in [2.45, 2.75) is 46.1 Å². The third-order valence-corrected chi connectivity index (χ3v) is 4.09. The van der Waals surface area contributed by atoms with Crippen molar-refractivity contribution in [2.75, 3.05) is 7.11 Å². The van der Waals surface area contributed by atoms with Crippen molar-refractivity contribution < 1.29 is 28.6 Å². The second-order valence-electron chi connectivity index (χ2n) is 7.47. The smallest absolute Gasteiger partial charge is 0.431 e. The summed E-state index contributed by atoms with van der Waals surface area (Å²) in [7, 11) is 1.16. The third-order valence-electron chi connectivity index (χ3n) is 4.09. The van der Waals surface area contributed by atoms with E-state index in [4.69, 9.17) is 14.2 Å². The lowest BCUT2D eigenvalue weighted by Crippen LogP contribution is -2.55. The maximum absolute atomic E-state index is 12.8. The SMILES string of the molecule is COC(=O)C(N=C(c1ccccc1)c1ccccc1)N(NC(=O)OC(C)C)C(=O)OC(C)C. The number of hydrogen-bond acceptors (Lipinski definition) is 7. The van der Waals surface area contributed by atoms with Gasteiger partial charge in [0.1, 0.15) is 0 Å². The molecule has 1 N–H and O–H groups in total. The van der Waals surface area contributed by atoms with Crippen LogP contribution in [0.3, 0.4) is 0 Å². The molecule has 176 valence electrons. The van der Waals surface area contributed by atoms with Gasteiger partial charge in [-0.1, -0.05) is 60.7 Å². The second kappa shape index (κ2) is 12.2. The summed E-state index contributed by atoms with van der Waals surface area (Å²) in [5, 5.41) is 0.669. The fourth-order valence-electron chi connectivity index (χ4n) is 2.76. The predicted molar refractivity (Wildman–Crippen MR) is 123 cm³/mol. The molecule has 1 unspecified atom stereocenters. The molecule has 9 nitrogen and oxygen atoms in total. The molecule has 0 aliphatic heterocycles. The number of carbonyl (C=O) groups is 3. The lowest BCUT2D eigenvalue weighted by molar-refractivity contribution is -0.147. The number of ether oxygens (including phenoxy) is 3. The highest BCUT2D eigenvalue weighted by atomic mass is 16.6. The first-order chi connectivity index (χ1) is 15.7. The van der Waals surface area contributed by atoms with Gasteiger partial charge in [0.05, 0.1) is 25.0 Å². The second-order valence-corrected chi connectivity index (χ2v) is 7.47. The number of methoxy groups -OCH3 is 1. The molecule has 2 aromatic rings. The molecule has 9 heteroatoms. The zero-order valence-electron chi connectivity index (χ0n) is 19.3.